The van der Waals surface area contributed by atoms with Crippen LogP contribution in [0.3, 0.4) is 0 Å². The van der Waals surface area contributed by atoms with E-state index in [-0.39, 0.29) is 11.4 Å². The van der Waals surface area contributed by atoms with Gasteiger partial charge in [0.25, 0.3) is 5.56 Å². The minimum Gasteiger partial charge on any atom is -0.497 e. The van der Waals surface area contributed by atoms with Crippen LogP contribution in [-0.4, -0.2) is 16.5 Å². The summed E-state index contributed by atoms with van der Waals surface area (Å²) < 4.78 is 46.0. The van der Waals surface area contributed by atoms with E-state index < -0.39 is 17.3 Å². The Morgan fingerprint density at radius 3 is 2.08 bits per heavy atom. The first-order valence-electron chi connectivity index (χ1n) is 7.63. The van der Waals surface area contributed by atoms with Crippen LogP contribution in [0.1, 0.15) is 5.56 Å². The van der Waals surface area contributed by atoms with E-state index in [1.54, 1.807) is 38.4 Å². The SMILES string of the molecule is COc1ccc(-c2c(N)c(=O)n(-c3ccc(C(F)(F)F)cc3)n2C)cc1. The Kier molecular flexibility index (Phi) is 4.27. The van der Waals surface area contributed by atoms with Gasteiger partial charge in [-0.1, -0.05) is 0 Å². The fourth-order valence-electron chi connectivity index (χ4n) is 2.80. The highest BCUT2D eigenvalue weighted by Crippen LogP contribution is 2.30. The molecule has 0 aliphatic rings. The zero-order valence-electron chi connectivity index (χ0n) is 14.0. The number of nitrogens with two attached hydrogens (primary N) is 1. The zero-order valence-corrected chi connectivity index (χ0v) is 14.0. The molecule has 0 fully saturated rings. The topological polar surface area (TPSA) is 62.2 Å². The van der Waals surface area contributed by atoms with Gasteiger partial charge in [0.15, 0.2) is 0 Å². The van der Waals surface area contributed by atoms with Gasteiger partial charge in [0.2, 0.25) is 0 Å². The lowest BCUT2D eigenvalue weighted by atomic mass is 10.1. The Hall–Kier alpha value is -3.16. The van der Waals surface area contributed by atoms with Crippen LogP contribution in [0.5, 0.6) is 5.75 Å². The molecule has 1 heterocycles. The van der Waals surface area contributed by atoms with Crippen LogP contribution in [-0.2, 0) is 13.2 Å². The van der Waals surface area contributed by atoms with Crippen molar-refractivity contribution in [2.75, 3.05) is 12.8 Å². The van der Waals surface area contributed by atoms with Crippen molar-refractivity contribution in [2.45, 2.75) is 6.18 Å². The summed E-state index contributed by atoms with van der Waals surface area (Å²) in [4.78, 5) is 12.6. The molecule has 0 aliphatic heterocycles. The maximum atomic E-state index is 12.7. The number of anilines is 1. The van der Waals surface area contributed by atoms with Crippen LogP contribution in [0.2, 0.25) is 0 Å². The first-order chi connectivity index (χ1) is 12.2. The molecule has 2 aromatic carbocycles. The second kappa shape index (κ2) is 6.29. The first kappa shape index (κ1) is 17.7. The van der Waals surface area contributed by atoms with Crippen molar-refractivity contribution in [3.63, 3.8) is 0 Å². The van der Waals surface area contributed by atoms with E-state index in [0.717, 1.165) is 12.1 Å². The second-order valence-corrected chi connectivity index (χ2v) is 5.68. The van der Waals surface area contributed by atoms with Crippen molar-refractivity contribution in [1.82, 2.24) is 9.36 Å². The van der Waals surface area contributed by atoms with E-state index in [4.69, 9.17) is 10.5 Å². The summed E-state index contributed by atoms with van der Waals surface area (Å²) in [6.07, 6.45) is -4.44. The van der Waals surface area contributed by atoms with Crippen molar-refractivity contribution in [3.8, 4) is 22.7 Å². The van der Waals surface area contributed by atoms with Gasteiger partial charge in [0, 0.05) is 12.6 Å². The summed E-state index contributed by atoms with van der Waals surface area (Å²) >= 11 is 0. The molecule has 26 heavy (non-hydrogen) atoms. The molecule has 8 heteroatoms. The number of hydrogen-bond acceptors (Lipinski definition) is 3. The van der Waals surface area contributed by atoms with Crippen molar-refractivity contribution < 1.29 is 17.9 Å². The maximum Gasteiger partial charge on any atom is 0.416 e. The molecule has 0 atom stereocenters. The minimum absolute atomic E-state index is 0.0116. The predicted molar refractivity (Wildman–Crippen MR) is 92.4 cm³/mol. The molecule has 0 radical (unpaired) electrons. The molecule has 2 N–H and O–H groups in total. The van der Waals surface area contributed by atoms with Gasteiger partial charge in [0.1, 0.15) is 11.4 Å². The molecule has 0 unspecified atom stereocenters. The van der Waals surface area contributed by atoms with E-state index in [9.17, 15) is 18.0 Å². The summed E-state index contributed by atoms with van der Waals surface area (Å²) in [7, 11) is 3.16. The number of rotatable bonds is 3. The third kappa shape index (κ3) is 2.94. The third-order valence-corrected chi connectivity index (χ3v) is 4.10. The van der Waals surface area contributed by atoms with Crippen LogP contribution in [0.4, 0.5) is 18.9 Å². The number of halogens is 3. The van der Waals surface area contributed by atoms with Crippen LogP contribution < -0.4 is 16.0 Å². The average molecular weight is 363 g/mol. The molecule has 0 saturated carbocycles. The van der Waals surface area contributed by atoms with Gasteiger partial charge >= 0.3 is 6.18 Å². The molecule has 5 nitrogen and oxygen atoms in total. The quantitative estimate of drug-likeness (QED) is 0.775. The number of aromatic nitrogens is 2. The lowest BCUT2D eigenvalue weighted by Crippen LogP contribution is -2.20. The standard InChI is InChI=1S/C18H16F3N3O2/c1-23-16(11-3-9-14(26-2)10-4-11)15(22)17(25)24(23)13-7-5-12(6-8-13)18(19,20)21/h3-10H,22H2,1-2H3. The molecule has 0 saturated heterocycles. The van der Waals surface area contributed by atoms with Gasteiger partial charge in [-0.05, 0) is 48.5 Å². The summed E-state index contributed by atoms with van der Waals surface area (Å²) in [5, 5.41) is 0. The molecular weight excluding hydrogens is 347 g/mol. The highest BCUT2D eigenvalue weighted by Gasteiger charge is 2.30. The number of methoxy groups -OCH3 is 1. The Morgan fingerprint density at radius 1 is 1.00 bits per heavy atom. The highest BCUT2D eigenvalue weighted by atomic mass is 19.4. The fraction of sp³-hybridized carbons (Fsp3) is 0.167. The van der Waals surface area contributed by atoms with Gasteiger partial charge in [-0.25, -0.2) is 4.68 Å². The summed E-state index contributed by atoms with van der Waals surface area (Å²) in [6, 6.07) is 11.3. The van der Waals surface area contributed by atoms with E-state index in [2.05, 4.69) is 0 Å². The van der Waals surface area contributed by atoms with Gasteiger partial charge in [-0.2, -0.15) is 13.2 Å². The molecule has 1 aromatic heterocycles. The van der Waals surface area contributed by atoms with Crippen LogP contribution in [0.25, 0.3) is 16.9 Å². The Bertz CT molecular complexity index is 985. The number of benzene rings is 2. The zero-order chi connectivity index (χ0) is 19.1. The molecule has 0 spiro atoms. The molecule has 0 amide bonds. The third-order valence-electron chi connectivity index (χ3n) is 4.10. The average Bonchev–Trinajstić information content (AvgIpc) is 2.84. The predicted octanol–water partition coefficient (Wildman–Crippen LogP) is 3.45. The number of hydrogen-bond donors (Lipinski definition) is 1. The lowest BCUT2D eigenvalue weighted by Gasteiger charge is -2.12. The number of ether oxygens (including phenoxy) is 1. The molecule has 0 bridgehead atoms. The molecule has 0 aliphatic carbocycles. The number of alkyl halides is 3. The van der Waals surface area contributed by atoms with Gasteiger partial charge in [-0.3, -0.25) is 9.48 Å². The van der Waals surface area contributed by atoms with Crippen molar-refractivity contribution in [3.05, 3.63) is 64.4 Å². The van der Waals surface area contributed by atoms with E-state index in [0.29, 0.717) is 17.0 Å². The number of nitrogens with zero attached hydrogens (tertiary/aromatic N) is 2. The Morgan fingerprint density at radius 2 is 1.58 bits per heavy atom. The maximum absolute atomic E-state index is 12.7. The van der Waals surface area contributed by atoms with E-state index >= 15 is 0 Å². The van der Waals surface area contributed by atoms with Gasteiger partial charge in [-0.15, -0.1) is 0 Å². The highest BCUT2D eigenvalue weighted by molar-refractivity contribution is 5.73. The smallest absolute Gasteiger partial charge is 0.416 e. The molecule has 136 valence electrons. The second-order valence-electron chi connectivity index (χ2n) is 5.68. The van der Waals surface area contributed by atoms with E-state index in [1.165, 1.54) is 21.5 Å². The van der Waals surface area contributed by atoms with Crippen LogP contribution >= 0.6 is 0 Å². The molecule has 3 aromatic rings. The molecule has 3 rings (SSSR count). The van der Waals surface area contributed by atoms with Crippen LogP contribution in [0, 0.1) is 0 Å². The lowest BCUT2D eigenvalue weighted by molar-refractivity contribution is -0.137. The van der Waals surface area contributed by atoms with E-state index in [1.807, 2.05) is 0 Å². The Balaban J connectivity index is 2.11. The normalized spacial score (nSPS) is 11.6. The largest absolute Gasteiger partial charge is 0.497 e. The van der Waals surface area contributed by atoms with Crippen molar-refractivity contribution in [1.29, 1.82) is 0 Å². The van der Waals surface area contributed by atoms with Crippen molar-refractivity contribution in [2.24, 2.45) is 7.05 Å². The summed E-state index contributed by atoms with van der Waals surface area (Å²) in [5.74, 6) is 0.652. The molecular formula is C18H16F3N3O2. The van der Waals surface area contributed by atoms with Gasteiger partial charge in [0.05, 0.1) is 24.1 Å². The summed E-state index contributed by atoms with van der Waals surface area (Å²) in [5.41, 5.74) is 6.15. The first-order valence-corrected chi connectivity index (χ1v) is 7.63. The van der Waals surface area contributed by atoms with Crippen molar-refractivity contribution >= 4 is 5.69 Å². The number of nitrogen functional groups attached to an aromatic ring is 1. The van der Waals surface area contributed by atoms with Gasteiger partial charge < -0.3 is 10.5 Å². The monoisotopic (exact) mass is 363 g/mol. The fourth-order valence-corrected chi connectivity index (χ4v) is 2.80. The summed E-state index contributed by atoms with van der Waals surface area (Å²) in [6.45, 7) is 0. The minimum atomic E-state index is -4.44. The Labute approximate surface area is 147 Å². The van der Waals surface area contributed by atoms with Crippen LogP contribution in [0.15, 0.2) is 53.3 Å².